The van der Waals surface area contributed by atoms with Gasteiger partial charge in [0.05, 0.1) is 0 Å². The highest BCUT2D eigenvalue weighted by Gasteiger charge is 2.24. The molecule has 2 nitrogen and oxygen atoms in total. The van der Waals surface area contributed by atoms with E-state index in [1.54, 1.807) is 0 Å². The van der Waals surface area contributed by atoms with Gasteiger partial charge in [0.25, 0.3) is 0 Å². The van der Waals surface area contributed by atoms with E-state index in [1.807, 2.05) is 11.3 Å². The van der Waals surface area contributed by atoms with Gasteiger partial charge in [-0.25, -0.2) is 0 Å². The third kappa shape index (κ3) is 2.95. The summed E-state index contributed by atoms with van der Waals surface area (Å²) in [6.07, 6.45) is 1.14. The molecule has 0 saturated carbocycles. The predicted octanol–water partition coefficient (Wildman–Crippen LogP) is 3.46. The van der Waals surface area contributed by atoms with Gasteiger partial charge in [0.2, 0.25) is 0 Å². The molecule has 0 spiro atoms. The van der Waals surface area contributed by atoms with Gasteiger partial charge < -0.3 is 5.32 Å². The fraction of sp³-hybridized carbons (Fsp3) is 0.412. The van der Waals surface area contributed by atoms with Crippen LogP contribution in [0.15, 0.2) is 41.8 Å². The molecule has 0 amide bonds. The fourth-order valence-electron chi connectivity index (χ4n) is 2.94. The first kappa shape index (κ1) is 13.8. The van der Waals surface area contributed by atoms with E-state index in [9.17, 15) is 0 Å². The van der Waals surface area contributed by atoms with Crippen molar-refractivity contribution >= 4 is 11.3 Å². The zero-order valence-electron chi connectivity index (χ0n) is 12.0. The second-order valence-electron chi connectivity index (χ2n) is 5.32. The number of nitrogens with zero attached hydrogens (tertiary/aromatic N) is 1. The van der Waals surface area contributed by atoms with Crippen LogP contribution in [0.25, 0.3) is 0 Å². The highest BCUT2D eigenvalue weighted by atomic mass is 32.1. The minimum Gasteiger partial charge on any atom is -0.314 e. The molecular formula is C17H22N2S. The van der Waals surface area contributed by atoms with Gasteiger partial charge in [-0.1, -0.05) is 37.3 Å². The standard InChI is InChI=1S/C17H22N2S/c1-2-14-8-11-20-17(14)13-19-10-9-18-12-16(19)15-6-4-3-5-7-15/h3-8,11,16,18H,2,9-10,12-13H2,1H3. The van der Waals surface area contributed by atoms with Crippen LogP contribution in [0.3, 0.4) is 0 Å². The molecule has 2 heterocycles. The number of nitrogens with one attached hydrogen (secondary N) is 1. The Bertz CT molecular complexity index is 535. The summed E-state index contributed by atoms with van der Waals surface area (Å²) in [6.45, 7) is 6.60. The summed E-state index contributed by atoms with van der Waals surface area (Å²) in [5.41, 5.74) is 2.94. The van der Waals surface area contributed by atoms with E-state index in [0.29, 0.717) is 6.04 Å². The Morgan fingerprint density at radius 2 is 2.10 bits per heavy atom. The summed E-state index contributed by atoms with van der Waals surface area (Å²) in [7, 11) is 0. The largest absolute Gasteiger partial charge is 0.314 e. The first-order valence-corrected chi connectivity index (χ1v) is 8.31. The summed E-state index contributed by atoms with van der Waals surface area (Å²) in [5, 5.41) is 5.76. The molecular weight excluding hydrogens is 264 g/mol. The minimum atomic E-state index is 0.497. The molecule has 1 saturated heterocycles. The van der Waals surface area contributed by atoms with Crippen molar-refractivity contribution in [1.29, 1.82) is 0 Å². The van der Waals surface area contributed by atoms with Crippen molar-refractivity contribution in [2.45, 2.75) is 25.9 Å². The maximum atomic E-state index is 3.53. The van der Waals surface area contributed by atoms with E-state index in [4.69, 9.17) is 0 Å². The second kappa shape index (κ2) is 6.53. The number of thiophene rings is 1. The van der Waals surface area contributed by atoms with Crippen molar-refractivity contribution in [3.8, 4) is 0 Å². The van der Waals surface area contributed by atoms with Crippen molar-refractivity contribution < 1.29 is 0 Å². The van der Waals surface area contributed by atoms with Crippen molar-refractivity contribution in [2.24, 2.45) is 0 Å². The average Bonchev–Trinajstić information content (AvgIpc) is 2.96. The highest BCUT2D eigenvalue weighted by Crippen LogP contribution is 2.27. The lowest BCUT2D eigenvalue weighted by Gasteiger charge is -2.36. The molecule has 0 bridgehead atoms. The number of benzene rings is 1. The fourth-order valence-corrected chi connectivity index (χ4v) is 3.95. The van der Waals surface area contributed by atoms with Crippen molar-refractivity contribution in [3.63, 3.8) is 0 Å². The lowest BCUT2D eigenvalue weighted by molar-refractivity contribution is 0.155. The normalized spacial score (nSPS) is 20.1. The van der Waals surface area contributed by atoms with Crippen LogP contribution in [0.2, 0.25) is 0 Å². The van der Waals surface area contributed by atoms with E-state index in [-0.39, 0.29) is 0 Å². The third-order valence-electron chi connectivity index (χ3n) is 4.10. The van der Waals surface area contributed by atoms with Crippen LogP contribution in [0.5, 0.6) is 0 Å². The summed E-state index contributed by atoms with van der Waals surface area (Å²) >= 11 is 1.90. The van der Waals surface area contributed by atoms with Crippen molar-refractivity contribution in [2.75, 3.05) is 19.6 Å². The topological polar surface area (TPSA) is 15.3 Å². The first-order chi connectivity index (χ1) is 9.88. The van der Waals surface area contributed by atoms with Crippen LogP contribution < -0.4 is 5.32 Å². The molecule has 1 atom stereocenters. The number of hydrogen-bond acceptors (Lipinski definition) is 3. The van der Waals surface area contributed by atoms with E-state index >= 15 is 0 Å². The van der Waals surface area contributed by atoms with Gasteiger partial charge >= 0.3 is 0 Å². The Morgan fingerprint density at radius 1 is 1.25 bits per heavy atom. The van der Waals surface area contributed by atoms with Gasteiger partial charge in [-0.3, -0.25) is 4.90 Å². The van der Waals surface area contributed by atoms with Crippen LogP contribution in [0.4, 0.5) is 0 Å². The SMILES string of the molecule is CCc1ccsc1CN1CCNCC1c1ccccc1. The van der Waals surface area contributed by atoms with E-state index in [0.717, 1.165) is 32.6 Å². The summed E-state index contributed by atoms with van der Waals surface area (Å²) in [4.78, 5) is 4.16. The van der Waals surface area contributed by atoms with E-state index in [2.05, 4.69) is 58.9 Å². The van der Waals surface area contributed by atoms with Crippen LogP contribution in [0.1, 0.15) is 29.0 Å². The Labute approximate surface area is 125 Å². The molecule has 1 unspecified atom stereocenters. The van der Waals surface area contributed by atoms with Crippen molar-refractivity contribution in [1.82, 2.24) is 10.2 Å². The summed E-state index contributed by atoms with van der Waals surface area (Å²) < 4.78 is 0. The molecule has 1 N–H and O–H groups in total. The maximum Gasteiger partial charge on any atom is 0.0477 e. The quantitative estimate of drug-likeness (QED) is 0.926. The Balaban J connectivity index is 1.79. The predicted molar refractivity (Wildman–Crippen MR) is 86.2 cm³/mol. The smallest absolute Gasteiger partial charge is 0.0477 e. The second-order valence-corrected chi connectivity index (χ2v) is 6.32. The third-order valence-corrected chi connectivity index (χ3v) is 5.05. The first-order valence-electron chi connectivity index (χ1n) is 7.43. The van der Waals surface area contributed by atoms with Crippen LogP contribution in [-0.2, 0) is 13.0 Å². The van der Waals surface area contributed by atoms with Crippen molar-refractivity contribution in [3.05, 3.63) is 57.8 Å². The number of hydrogen-bond donors (Lipinski definition) is 1. The van der Waals surface area contributed by atoms with Crippen LogP contribution >= 0.6 is 11.3 Å². The van der Waals surface area contributed by atoms with Crippen LogP contribution in [-0.4, -0.2) is 24.5 Å². The van der Waals surface area contributed by atoms with Gasteiger partial charge in [0.1, 0.15) is 0 Å². The molecule has 3 rings (SSSR count). The van der Waals surface area contributed by atoms with Gasteiger partial charge in [0.15, 0.2) is 0 Å². The van der Waals surface area contributed by atoms with Crippen LogP contribution in [0, 0.1) is 0 Å². The van der Waals surface area contributed by atoms with E-state index < -0.39 is 0 Å². The number of rotatable bonds is 4. The lowest BCUT2D eigenvalue weighted by atomic mass is 10.0. The Kier molecular flexibility index (Phi) is 4.51. The number of aryl methyl sites for hydroxylation is 1. The highest BCUT2D eigenvalue weighted by molar-refractivity contribution is 7.10. The molecule has 1 aromatic carbocycles. The zero-order chi connectivity index (χ0) is 13.8. The van der Waals surface area contributed by atoms with Gasteiger partial charge in [-0.2, -0.15) is 0 Å². The minimum absolute atomic E-state index is 0.497. The molecule has 1 aliphatic rings. The molecule has 1 fully saturated rings. The zero-order valence-corrected chi connectivity index (χ0v) is 12.8. The van der Waals surface area contributed by atoms with Gasteiger partial charge in [-0.15, -0.1) is 11.3 Å². The molecule has 20 heavy (non-hydrogen) atoms. The molecule has 3 heteroatoms. The van der Waals surface area contributed by atoms with E-state index in [1.165, 1.54) is 16.0 Å². The molecule has 106 valence electrons. The Morgan fingerprint density at radius 3 is 2.90 bits per heavy atom. The summed E-state index contributed by atoms with van der Waals surface area (Å²) in [6, 6.07) is 13.7. The van der Waals surface area contributed by atoms with Gasteiger partial charge in [-0.05, 0) is 29.0 Å². The van der Waals surface area contributed by atoms with Gasteiger partial charge in [0, 0.05) is 37.1 Å². The average molecular weight is 286 g/mol. The molecule has 1 aromatic heterocycles. The number of piperazine rings is 1. The monoisotopic (exact) mass is 286 g/mol. The molecule has 2 aromatic rings. The Hall–Kier alpha value is -1.16. The maximum absolute atomic E-state index is 3.53. The molecule has 1 aliphatic heterocycles. The lowest BCUT2D eigenvalue weighted by Crippen LogP contribution is -2.45. The molecule has 0 aliphatic carbocycles. The summed E-state index contributed by atoms with van der Waals surface area (Å²) in [5.74, 6) is 0. The molecule has 0 radical (unpaired) electrons.